The molecule has 2 aromatic rings. The summed E-state index contributed by atoms with van der Waals surface area (Å²) in [5, 5.41) is 21.7. The maximum absolute atomic E-state index is 11.7. The molecule has 1 amide bonds. The quantitative estimate of drug-likeness (QED) is 0.711. The number of carbonyl (C=O) groups excluding carboxylic acids is 1. The Morgan fingerprint density at radius 1 is 1.36 bits per heavy atom. The summed E-state index contributed by atoms with van der Waals surface area (Å²) in [6.45, 7) is 2.45. The van der Waals surface area contributed by atoms with E-state index in [1.165, 1.54) is 0 Å². The predicted octanol–water partition coefficient (Wildman–Crippen LogP) is 0.208. The average Bonchev–Trinajstić information content (AvgIpc) is 2.65. The van der Waals surface area contributed by atoms with Crippen molar-refractivity contribution in [3.05, 3.63) is 35.8 Å². The molecule has 0 radical (unpaired) electrons. The molecule has 3 rings (SSSR count). The molecule has 0 aliphatic carbocycles. The van der Waals surface area contributed by atoms with Crippen molar-refractivity contribution >= 4 is 11.7 Å². The minimum Gasteiger partial charge on any atom is -0.394 e. The number of aliphatic hydroxyl groups excluding tert-OH is 2. The zero-order chi connectivity index (χ0) is 17.8. The van der Waals surface area contributed by atoms with E-state index in [1.807, 2.05) is 12.1 Å². The maximum atomic E-state index is 11.7. The van der Waals surface area contributed by atoms with E-state index in [0.29, 0.717) is 31.2 Å². The second kappa shape index (κ2) is 7.54. The highest BCUT2D eigenvalue weighted by atomic mass is 16.3. The molecule has 0 unspecified atom stereocenters. The molecule has 0 saturated carbocycles. The molecule has 1 atom stereocenters. The smallest absolute Gasteiger partial charge is 0.219 e. The third-order valence-corrected chi connectivity index (χ3v) is 4.16. The van der Waals surface area contributed by atoms with Crippen LogP contribution < -0.4 is 5.32 Å². The van der Waals surface area contributed by atoms with Crippen molar-refractivity contribution in [1.29, 1.82) is 0 Å². The first-order chi connectivity index (χ1) is 12.1. The molecule has 0 fully saturated rings. The van der Waals surface area contributed by atoms with Gasteiger partial charge in [0.25, 0.3) is 0 Å². The van der Waals surface area contributed by atoms with E-state index in [-0.39, 0.29) is 19.1 Å². The number of rotatable bonds is 5. The van der Waals surface area contributed by atoms with Crippen molar-refractivity contribution in [2.45, 2.75) is 26.0 Å². The van der Waals surface area contributed by atoms with Gasteiger partial charge in [-0.25, -0.2) is 9.97 Å². The Labute approximate surface area is 145 Å². The van der Waals surface area contributed by atoms with E-state index in [1.54, 1.807) is 24.2 Å². The Morgan fingerprint density at radius 2 is 2.12 bits per heavy atom. The molecular formula is C17H21N5O3. The Morgan fingerprint density at radius 3 is 2.80 bits per heavy atom. The van der Waals surface area contributed by atoms with Crippen LogP contribution in [0.3, 0.4) is 0 Å². The van der Waals surface area contributed by atoms with Gasteiger partial charge in [-0.05, 0) is 18.6 Å². The fraction of sp³-hybridized carbons (Fsp3) is 0.412. The topological polar surface area (TPSA) is 111 Å². The fourth-order valence-corrected chi connectivity index (χ4v) is 2.75. The Balaban J connectivity index is 1.98. The molecule has 8 heteroatoms. The summed E-state index contributed by atoms with van der Waals surface area (Å²) in [6, 6.07) is 3.64. The number of anilines is 1. The number of nitrogens with one attached hydrogen (secondary N) is 1. The molecule has 25 heavy (non-hydrogen) atoms. The normalized spacial score (nSPS) is 14.8. The van der Waals surface area contributed by atoms with Crippen molar-refractivity contribution in [1.82, 2.24) is 19.9 Å². The van der Waals surface area contributed by atoms with Gasteiger partial charge in [-0.1, -0.05) is 0 Å². The van der Waals surface area contributed by atoms with Crippen LogP contribution >= 0.6 is 0 Å². The van der Waals surface area contributed by atoms with Crippen LogP contribution in [0.2, 0.25) is 0 Å². The largest absolute Gasteiger partial charge is 0.394 e. The van der Waals surface area contributed by atoms with Crippen LogP contribution in [0.4, 0.5) is 5.82 Å². The Hall–Kier alpha value is -2.58. The standard InChI is InChI=1S/C17H21N5O3/c1-11(24)22-7-4-14-15(9-22)20-16(12-2-5-18-6-3-12)21-17(14)19-8-13(25)10-23/h2-3,5-6,13,23,25H,4,7-10H2,1H3,(H,19,20,21)/t13-/m1/s1. The van der Waals surface area contributed by atoms with Crippen molar-refractivity contribution in [2.75, 3.05) is 25.0 Å². The number of nitrogens with zero attached hydrogens (tertiary/aromatic N) is 4. The van der Waals surface area contributed by atoms with Crippen LogP contribution in [-0.4, -0.2) is 61.8 Å². The lowest BCUT2D eigenvalue weighted by Crippen LogP contribution is -2.36. The van der Waals surface area contributed by atoms with Gasteiger partial charge in [-0.3, -0.25) is 9.78 Å². The van der Waals surface area contributed by atoms with E-state index in [4.69, 9.17) is 5.11 Å². The highest BCUT2D eigenvalue weighted by molar-refractivity contribution is 5.74. The lowest BCUT2D eigenvalue weighted by Gasteiger charge is -2.29. The molecular weight excluding hydrogens is 322 g/mol. The van der Waals surface area contributed by atoms with E-state index in [9.17, 15) is 9.90 Å². The number of pyridine rings is 1. The van der Waals surface area contributed by atoms with E-state index < -0.39 is 6.10 Å². The SMILES string of the molecule is CC(=O)N1CCc2c(nc(-c3ccncc3)nc2NC[C@@H](O)CO)C1. The van der Waals surface area contributed by atoms with Crippen molar-refractivity contribution < 1.29 is 15.0 Å². The third kappa shape index (κ3) is 3.92. The molecule has 0 bridgehead atoms. The first kappa shape index (κ1) is 17.2. The molecule has 0 saturated heterocycles. The van der Waals surface area contributed by atoms with Gasteiger partial charge in [0.05, 0.1) is 24.9 Å². The average molecular weight is 343 g/mol. The summed E-state index contributed by atoms with van der Waals surface area (Å²) >= 11 is 0. The first-order valence-electron chi connectivity index (χ1n) is 8.17. The molecule has 132 valence electrons. The van der Waals surface area contributed by atoms with E-state index in [2.05, 4.69) is 20.3 Å². The number of amides is 1. The molecule has 0 aromatic carbocycles. The van der Waals surface area contributed by atoms with Crippen LogP contribution in [0.15, 0.2) is 24.5 Å². The first-order valence-corrected chi connectivity index (χ1v) is 8.17. The molecule has 0 spiro atoms. The number of hydrogen-bond donors (Lipinski definition) is 3. The number of aromatic nitrogens is 3. The molecule has 3 heterocycles. The summed E-state index contributed by atoms with van der Waals surface area (Å²) in [5.41, 5.74) is 2.56. The van der Waals surface area contributed by atoms with Gasteiger partial charge in [0.15, 0.2) is 5.82 Å². The molecule has 3 N–H and O–H groups in total. The molecule has 1 aliphatic heterocycles. The zero-order valence-electron chi connectivity index (χ0n) is 14.0. The number of hydrogen-bond acceptors (Lipinski definition) is 7. The lowest BCUT2D eigenvalue weighted by atomic mass is 10.0. The molecule has 8 nitrogen and oxygen atoms in total. The summed E-state index contributed by atoms with van der Waals surface area (Å²) in [6.07, 6.45) is 3.11. The second-order valence-electron chi connectivity index (χ2n) is 5.96. The van der Waals surface area contributed by atoms with E-state index >= 15 is 0 Å². The summed E-state index contributed by atoms with van der Waals surface area (Å²) in [4.78, 5) is 26.7. The summed E-state index contributed by atoms with van der Waals surface area (Å²) in [7, 11) is 0. The van der Waals surface area contributed by atoms with Crippen LogP contribution in [0.1, 0.15) is 18.2 Å². The second-order valence-corrected chi connectivity index (χ2v) is 5.96. The monoisotopic (exact) mass is 343 g/mol. The van der Waals surface area contributed by atoms with Crippen LogP contribution in [-0.2, 0) is 17.8 Å². The molecule has 2 aromatic heterocycles. The van der Waals surface area contributed by atoms with Gasteiger partial charge in [-0.15, -0.1) is 0 Å². The predicted molar refractivity (Wildman–Crippen MR) is 91.6 cm³/mol. The Bertz CT molecular complexity index is 753. The zero-order valence-corrected chi connectivity index (χ0v) is 14.0. The van der Waals surface area contributed by atoms with Crippen molar-refractivity contribution in [3.8, 4) is 11.4 Å². The third-order valence-electron chi connectivity index (χ3n) is 4.16. The van der Waals surface area contributed by atoms with Gasteiger partial charge >= 0.3 is 0 Å². The highest BCUT2D eigenvalue weighted by Crippen LogP contribution is 2.27. The Kier molecular flexibility index (Phi) is 5.20. The van der Waals surface area contributed by atoms with Crippen molar-refractivity contribution in [3.63, 3.8) is 0 Å². The summed E-state index contributed by atoms with van der Waals surface area (Å²) in [5.74, 6) is 1.18. The maximum Gasteiger partial charge on any atom is 0.219 e. The lowest BCUT2D eigenvalue weighted by molar-refractivity contribution is -0.129. The summed E-state index contributed by atoms with van der Waals surface area (Å²) < 4.78 is 0. The fourth-order valence-electron chi connectivity index (χ4n) is 2.75. The molecule has 1 aliphatic rings. The van der Waals surface area contributed by atoms with Crippen LogP contribution in [0.5, 0.6) is 0 Å². The van der Waals surface area contributed by atoms with Crippen molar-refractivity contribution in [2.24, 2.45) is 0 Å². The minimum absolute atomic E-state index is 0.0138. The van der Waals surface area contributed by atoms with Crippen LogP contribution in [0, 0.1) is 0 Å². The van der Waals surface area contributed by atoms with Crippen LogP contribution in [0.25, 0.3) is 11.4 Å². The number of aliphatic hydroxyl groups is 2. The van der Waals surface area contributed by atoms with Gasteiger partial charge in [-0.2, -0.15) is 0 Å². The number of fused-ring (bicyclic) bond motifs is 1. The van der Waals surface area contributed by atoms with E-state index in [0.717, 1.165) is 16.8 Å². The van der Waals surface area contributed by atoms with Gasteiger partial charge < -0.3 is 20.4 Å². The number of carbonyl (C=O) groups is 1. The van der Waals surface area contributed by atoms with Gasteiger partial charge in [0.1, 0.15) is 5.82 Å². The van der Waals surface area contributed by atoms with Gasteiger partial charge in [0.2, 0.25) is 5.91 Å². The highest BCUT2D eigenvalue weighted by Gasteiger charge is 2.24. The van der Waals surface area contributed by atoms with Gasteiger partial charge in [0, 0.05) is 43.5 Å². The minimum atomic E-state index is -0.868.